The molecule has 1 heterocycles. The molecular weight excluding hydrogens is 655 g/mol. The normalized spacial score (nSPS) is 13.1. The molecule has 1 aromatic rings. The molecule has 1 atom stereocenters. The number of imide groups is 1. The average molecular weight is 732 g/mol. The van der Waals surface area contributed by atoms with E-state index in [1.807, 2.05) is 26.0 Å². The Balaban J connectivity index is 1.66. The molecule has 0 spiro atoms. The molecule has 53 heavy (non-hydrogen) atoms. The van der Waals surface area contributed by atoms with Gasteiger partial charge in [-0.3, -0.25) is 14.5 Å². The van der Waals surface area contributed by atoms with Crippen LogP contribution in [-0.4, -0.2) is 41.8 Å². The van der Waals surface area contributed by atoms with E-state index < -0.39 is 11.8 Å². The summed E-state index contributed by atoms with van der Waals surface area (Å²) in [4.78, 5) is 28.2. The van der Waals surface area contributed by atoms with Gasteiger partial charge in [0.15, 0.2) is 6.29 Å². The molecule has 0 bridgehead atoms. The summed E-state index contributed by atoms with van der Waals surface area (Å²) in [5, 5.41) is 0. The largest absolute Gasteiger partial charge is 0.350 e. The molecule has 0 aromatic heterocycles. The lowest BCUT2D eigenvalue weighted by Crippen LogP contribution is -2.56. The zero-order chi connectivity index (χ0) is 38.2. The molecule has 0 saturated carbocycles. The Labute approximate surface area is 326 Å². The molecule has 0 radical (unpaired) electrons. The van der Waals surface area contributed by atoms with Crippen LogP contribution in [0.3, 0.4) is 0 Å². The van der Waals surface area contributed by atoms with Gasteiger partial charge < -0.3 is 9.47 Å². The van der Waals surface area contributed by atoms with Gasteiger partial charge in [0.05, 0.1) is 23.1 Å². The number of hydrogen-bond donors (Lipinski definition) is 0. The minimum absolute atomic E-state index is 0.268. The van der Waals surface area contributed by atoms with Crippen molar-refractivity contribution in [2.45, 2.75) is 219 Å². The van der Waals surface area contributed by atoms with E-state index in [1.54, 1.807) is 12.1 Å². The van der Waals surface area contributed by atoms with Crippen LogP contribution >= 0.6 is 0 Å². The van der Waals surface area contributed by atoms with Crippen LogP contribution in [0.2, 0.25) is 0 Å². The van der Waals surface area contributed by atoms with Crippen LogP contribution in [0.4, 0.5) is 0 Å². The molecule has 1 aliphatic heterocycles. The van der Waals surface area contributed by atoms with Crippen molar-refractivity contribution in [3.05, 3.63) is 35.4 Å². The predicted octanol–water partition coefficient (Wildman–Crippen LogP) is 13.4. The summed E-state index contributed by atoms with van der Waals surface area (Å²) in [5.74, 6) is 12.3. The van der Waals surface area contributed by atoms with Crippen LogP contribution in [0.5, 0.6) is 0 Å². The van der Waals surface area contributed by atoms with Gasteiger partial charge in [-0.1, -0.05) is 173 Å². The third kappa shape index (κ3) is 20.1. The Bertz CT molecular complexity index is 1200. The number of hydrogen-bond acceptors (Lipinski definition) is 4. The number of rotatable bonds is 32. The van der Waals surface area contributed by atoms with Crippen molar-refractivity contribution in [2.75, 3.05) is 13.2 Å². The Hall–Kier alpha value is -2.60. The summed E-state index contributed by atoms with van der Waals surface area (Å²) in [5.41, 5.74) is -0.0247. The predicted molar refractivity (Wildman–Crippen MR) is 223 cm³/mol. The Morgan fingerprint density at radius 3 is 1.26 bits per heavy atom. The average Bonchev–Trinajstić information content (AvgIpc) is 3.42. The van der Waals surface area contributed by atoms with Gasteiger partial charge in [-0.15, -0.1) is 11.8 Å². The van der Waals surface area contributed by atoms with Crippen LogP contribution in [0.25, 0.3) is 0 Å². The van der Waals surface area contributed by atoms with Gasteiger partial charge in [-0.25, -0.2) is 0 Å². The first-order valence-corrected chi connectivity index (χ1v) is 22.1. The van der Waals surface area contributed by atoms with Crippen LogP contribution in [0.1, 0.15) is 228 Å². The number of unbranched alkanes of at least 4 members (excludes halogenated alkanes) is 24. The summed E-state index contributed by atoms with van der Waals surface area (Å²) in [6.07, 6.45) is 33.6. The number of carbonyl (C=O) groups is 2. The maximum atomic E-state index is 13.4. The molecule has 0 N–H and O–H groups in total. The number of fused-ring (bicyclic) bond motifs is 1. The molecule has 1 aliphatic rings. The van der Waals surface area contributed by atoms with E-state index in [-0.39, 0.29) is 11.8 Å². The lowest BCUT2D eigenvalue weighted by molar-refractivity contribution is -0.195. The Morgan fingerprint density at radius 1 is 0.509 bits per heavy atom. The van der Waals surface area contributed by atoms with Gasteiger partial charge in [-0.05, 0) is 51.7 Å². The van der Waals surface area contributed by atoms with E-state index in [2.05, 4.69) is 37.5 Å². The fourth-order valence-corrected chi connectivity index (χ4v) is 7.14. The molecule has 298 valence electrons. The quantitative estimate of drug-likeness (QED) is 0.0320. The number of nitrogens with zero attached hydrogens (tertiary/aromatic N) is 1. The third-order valence-corrected chi connectivity index (χ3v) is 10.5. The minimum atomic E-state index is -0.941. The summed E-state index contributed by atoms with van der Waals surface area (Å²) in [6, 6.07) is 7.08. The second kappa shape index (κ2) is 30.7. The number of amides is 2. The van der Waals surface area contributed by atoms with E-state index >= 15 is 0 Å². The molecule has 2 amide bonds. The van der Waals surface area contributed by atoms with Crippen molar-refractivity contribution in [3.63, 3.8) is 0 Å². The van der Waals surface area contributed by atoms with E-state index in [1.165, 1.54) is 127 Å². The first kappa shape index (κ1) is 46.6. The molecule has 1 unspecified atom stereocenters. The molecular formula is C48H77NO4. The van der Waals surface area contributed by atoms with Gasteiger partial charge in [-0.2, -0.15) is 0 Å². The molecule has 0 fully saturated rings. The molecule has 5 heteroatoms. The molecule has 5 nitrogen and oxygen atoms in total. The lowest BCUT2D eigenvalue weighted by Gasteiger charge is -2.40. The van der Waals surface area contributed by atoms with Crippen molar-refractivity contribution >= 4 is 11.8 Å². The Morgan fingerprint density at radius 2 is 0.849 bits per heavy atom. The molecule has 0 aliphatic carbocycles. The van der Waals surface area contributed by atoms with E-state index in [0.717, 1.165) is 51.4 Å². The van der Waals surface area contributed by atoms with Gasteiger partial charge in [0.25, 0.3) is 11.8 Å². The number of ether oxygens (including phenoxy) is 2. The monoisotopic (exact) mass is 732 g/mol. The fraction of sp³-hybridized carbons (Fsp3) is 0.750. The minimum Gasteiger partial charge on any atom is -0.350 e. The fourth-order valence-electron chi connectivity index (χ4n) is 7.14. The first-order chi connectivity index (χ1) is 25.9. The topological polar surface area (TPSA) is 55.8 Å². The van der Waals surface area contributed by atoms with Gasteiger partial charge in [0, 0.05) is 26.1 Å². The molecule has 2 rings (SSSR count). The van der Waals surface area contributed by atoms with E-state index in [9.17, 15) is 9.59 Å². The van der Waals surface area contributed by atoms with Gasteiger partial charge in [0.1, 0.15) is 0 Å². The van der Waals surface area contributed by atoms with Crippen molar-refractivity contribution < 1.29 is 19.1 Å². The highest BCUT2D eigenvalue weighted by Crippen LogP contribution is 2.33. The van der Waals surface area contributed by atoms with Crippen LogP contribution in [0.15, 0.2) is 24.3 Å². The summed E-state index contributed by atoms with van der Waals surface area (Å²) in [6.45, 7) is 9.40. The lowest BCUT2D eigenvalue weighted by atomic mass is 10.0. The van der Waals surface area contributed by atoms with E-state index in [4.69, 9.17) is 9.47 Å². The zero-order valence-electron chi connectivity index (χ0n) is 34.7. The van der Waals surface area contributed by atoms with Crippen LogP contribution in [0, 0.1) is 23.7 Å². The number of benzene rings is 1. The van der Waals surface area contributed by atoms with Crippen molar-refractivity contribution in [1.82, 2.24) is 4.90 Å². The van der Waals surface area contributed by atoms with Crippen molar-refractivity contribution in [1.29, 1.82) is 0 Å². The highest BCUT2D eigenvalue weighted by atomic mass is 16.7. The maximum Gasteiger partial charge on any atom is 0.262 e. The summed E-state index contributed by atoms with van der Waals surface area (Å²) >= 11 is 0. The van der Waals surface area contributed by atoms with Crippen molar-refractivity contribution in [3.8, 4) is 23.7 Å². The SMILES string of the molecule is CCCCCC#CCC#CCCCCCCCCOC(OCCCCCCCCCCCCCCCCCC)C(C)(C)N1C(=O)c2ccccc2C1=O. The first-order valence-electron chi connectivity index (χ1n) is 22.1. The molecule has 1 aromatic carbocycles. The smallest absolute Gasteiger partial charge is 0.262 e. The van der Waals surface area contributed by atoms with Crippen molar-refractivity contribution in [2.24, 2.45) is 0 Å². The second-order valence-electron chi connectivity index (χ2n) is 15.7. The number of carbonyl (C=O) groups excluding carboxylic acids is 2. The third-order valence-electron chi connectivity index (χ3n) is 10.5. The zero-order valence-corrected chi connectivity index (χ0v) is 34.7. The maximum absolute atomic E-state index is 13.4. The Kier molecular flexibility index (Phi) is 27.0. The highest BCUT2D eigenvalue weighted by Gasteiger charge is 2.48. The second-order valence-corrected chi connectivity index (χ2v) is 15.7. The standard InChI is InChI=1S/C48H77NO4/c1-5-7-9-11-13-15-17-19-21-23-25-27-29-31-33-37-41-52-47(48(3,4)49-45(50)43-39-35-36-40-44(43)46(49)51)53-42-38-34-32-30-28-26-24-22-20-18-16-14-12-10-8-6-2/h35-36,39-40,47H,5-13,15,17-19,21,23-34,37-38,41-42H2,1-4H3. The summed E-state index contributed by atoms with van der Waals surface area (Å²) in [7, 11) is 0. The highest BCUT2D eigenvalue weighted by molar-refractivity contribution is 6.21. The van der Waals surface area contributed by atoms with Gasteiger partial charge >= 0.3 is 0 Å². The van der Waals surface area contributed by atoms with Crippen LogP contribution in [-0.2, 0) is 9.47 Å². The summed E-state index contributed by atoms with van der Waals surface area (Å²) < 4.78 is 12.7. The van der Waals surface area contributed by atoms with Gasteiger partial charge in [0.2, 0.25) is 0 Å². The van der Waals surface area contributed by atoms with E-state index in [0.29, 0.717) is 30.8 Å². The van der Waals surface area contributed by atoms with Crippen LogP contribution < -0.4 is 0 Å². The molecule has 0 saturated heterocycles.